The van der Waals surface area contributed by atoms with Crippen molar-refractivity contribution in [2.45, 2.75) is 112 Å². The molecule has 0 fully saturated rings. The van der Waals surface area contributed by atoms with Crippen LogP contribution in [0.2, 0.25) is 0 Å². The zero-order valence-corrected chi connectivity index (χ0v) is 30.0. The Labute approximate surface area is 277 Å². The van der Waals surface area contributed by atoms with Gasteiger partial charge in [-0.15, -0.1) is 0 Å². The molecule has 46 heavy (non-hydrogen) atoms. The van der Waals surface area contributed by atoms with Gasteiger partial charge >= 0.3 is 0 Å². The highest BCUT2D eigenvalue weighted by Crippen LogP contribution is 2.53. The monoisotopic (exact) mass is 616 g/mol. The van der Waals surface area contributed by atoms with Gasteiger partial charge in [-0.2, -0.15) is 4.57 Å². The summed E-state index contributed by atoms with van der Waals surface area (Å²) in [6, 6.07) is 23.1. The number of pyridine rings is 1. The minimum absolute atomic E-state index is 0.00438. The molecule has 0 radical (unpaired) electrons. The first-order chi connectivity index (χ1) is 21.5. The van der Waals surface area contributed by atoms with Crippen molar-refractivity contribution >= 4 is 16.8 Å². The molecule has 0 spiro atoms. The highest BCUT2D eigenvalue weighted by Gasteiger charge is 2.39. The van der Waals surface area contributed by atoms with Gasteiger partial charge in [0.05, 0.1) is 24.4 Å². The summed E-state index contributed by atoms with van der Waals surface area (Å²) in [5, 5.41) is 2.67. The Balaban J connectivity index is 1.54. The summed E-state index contributed by atoms with van der Waals surface area (Å²) in [4.78, 5) is 0. The van der Waals surface area contributed by atoms with Gasteiger partial charge in [-0.25, -0.2) is 0 Å². The normalized spacial score (nSPS) is 20.8. The Morgan fingerprint density at radius 1 is 0.739 bits per heavy atom. The first kappa shape index (κ1) is 32.7. The van der Waals surface area contributed by atoms with E-state index in [0.717, 1.165) is 12.1 Å². The van der Waals surface area contributed by atoms with E-state index in [-0.39, 0.29) is 33.9 Å². The van der Waals surface area contributed by atoms with Crippen LogP contribution in [0.15, 0.2) is 72.9 Å². The standard InChI is InChI=1S/C43H54NO2/c1-40(2,3)30-19-17-28-18-20-31-34-23-29-15-14-22-45-37(41(4,5)6)26-38(42(7,8)9)46-27-44-21-13-12-16-36(44)32(29)25-35(34)43(10,11)39(31)33(28)24-30/h12-21,23-25,37-38H,22,26-27H2,1-11H3/q+1/b15-14+. The van der Waals surface area contributed by atoms with Crippen LogP contribution in [0.1, 0.15) is 105 Å². The Morgan fingerprint density at radius 2 is 1.43 bits per heavy atom. The number of hydrogen-bond donors (Lipinski definition) is 0. The number of fused-ring (bicyclic) bond motifs is 8. The molecule has 2 heterocycles. The molecule has 3 nitrogen and oxygen atoms in total. The molecule has 0 saturated carbocycles. The molecular formula is C43H54NO2+. The average molecular weight is 617 g/mol. The summed E-state index contributed by atoms with van der Waals surface area (Å²) in [7, 11) is 0. The van der Waals surface area contributed by atoms with Crippen LogP contribution in [0.3, 0.4) is 0 Å². The molecule has 3 aromatic carbocycles. The van der Waals surface area contributed by atoms with Gasteiger partial charge in [0, 0.05) is 24.0 Å². The fraction of sp³-hybridized carbons (Fsp3) is 0.465. The zero-order valence-electron chi connectivity index (χ0n) is 30.0. The Bertz CT molecular complexity index is 1810. The summed E-state index contributed by atoms with van der Waals surface area (Å²) in [6.07, 6.45) is 7.60. The van der Waals surface area contributed by atoms with Crippen LogP contribution in [-0.4, -0.2) is 18.8 Å². The van der Waals surface area contributed by atoms with Crippen LogP contribution in [-0.2, 0) is 27.0 Å². The van der Waals surface area contributed by atoms with E-state index in [2.05, 4.69) is 160 Å². The minimum Gasteiger partial charge on any atom is -0.374 e. The number of rotatable bonds is 0. The predicted molar refractivity (Wildman–Crippen MR) is 193 cm³/mol. The van der Waals surface area contributed by atoms with Gasteiger partial charge < -0.3 is 9.47 Å². The zero-order chi connectivity index (χ0) is 33.2. The lowest BCUT2D eigenvalue weighted by Crippen LogP contribution is -2.44. The van der Waals surface area contributed by atoms with Gasteiger partial charge in [0.25, 0.3) is 6.73 Å². The van der Waals surface area contributed by atoms with Crippen LogP contribution < -0.4 is 4.57 Å². The van der Waals surface area contributed by atoms with Gasteiger partial charge in [-0.1, -0.05) is 119 Å². The van der Waals surface area contributed by atoms with Crippen molar-refractivity contribution in [1.29, 1.82) is 0 Å². The number of ether oxygens (including phenoxy) is 2. The van der Waals surface area contributed by atoms with Gasteiger partial charge in [0.15, 0.2) is 6.20 Å². The van der Waals surface area contributed by atoms with Crippen LogP contribution in [0.25, 0.3) is 39.2 Å². The first-order valence-corrected chi connectivity index (χ1v) is 17.1. The number of benzene rings is 3. The molecule has 6 rings (SSSR count). The topological polar surface area (TPSA) is 22.3 Å². The summed E-state index contributed by atoms with van der Waals surface area (Å²) < 4.78 is 15.7. The van der Waals surface area contributed by atoms with Crippen molar-refractivity contribution in [2.24, 2.45) is 10.8 Å². The van der Waals surface area contributed by atoms with Crippen molar-refractivity contribution in [2.75, 3.05) is 6.61 Å². The highest BCUT2D eigenvalue weighted by molar-refractivity contribution is 5.99. The molecule has 0 N–H and O–H groups in total. The molecule has 0 bridgehead atoms. The molecule has 4 aromatic rings. The molecule has 242 valence electrons. The first-order valence-electron chi connectivity index (χ1n) is 17.1. The lowest BCUT2D eigenvalue weighted by molar-refractivity contribution is -0.726. The van der Waals surface area contributed by atoms with Gasteiger partial charge in [0.2, 0.25) is 5.69 Å². The minimum atomic E-state index is -0.156. The maximum Gasteiger partial charge on any atom is 0.253 e. The molecule has 0 saturated heterocycles. The SMILES string of the molecule is CC(C)(C)c1ccc2ccc3c(c2c1)C(C)(C)c1cc2c(cc1-3)/C=C/COC(C(C)(C)C)CC(C(C)(C)C)OC[n+]1ccccc1-2. The summed E-state index contributed by atoms with van der Waals surface area (Å²) >= 11 is 0. The Morgan fingerprint density at radius 3 is 2.13 bits per heavy atom. The molecule has 1 aliphatic carbocycles. The van der Waals surface area contributed by atoms with Crippen molar-refractivity contribution in [3.05, 3.63) is 95.2 Å². The van der Waals surface area contributed by atoms with Gasteiger partial charge in [-0.3, -0.25) is 0 Å². The average Bonchev–Trinajstić information content (AvgIpc) is 3.20. The molecule has 1 aromatic heterocycles. The van der Waals surface area contributed by atoms with Gasteiger partial charge in [-0.05, 0) is 78.6 Å². The lowest BCUT2D eigenvalue weighted by Gasteiger charge is -2.37. The van der Waals surface area contributed by atoms with E-state index in [4.69, 9.17) is 9.47 Å². The number of hydrogen-bond acceptors (Lipinski definition) is 2. The third-order valence-electron chi connectivity index (χ3n) is 10.3. The predicted octanol–water partition coefficient (Wildman–Crippen LogP) is 10.6. The molecule has 2 unspecified atom stereocenters. The second-order valence-electron chi connectivity index (χ2n) is 17.3. The van der Waals surface area contributed by atoms with Crippen LogP contribution in [0.5, 0.6) is 0 Å². The molecule has 2 atom stereocenters. The van der Waals surface area contributed by atoms with Crippen molar-refractivity contribution < 1.29 is 14.0 Å². The third-order valence-corrected chi connectivity index (χ3v) is 10.3. The quantitative estimate of drug-likeness (QED) is 0.183. The van der Waals surface area contributed by atoms with E-state index in [1.54, 1.807) is 0 Å². The number of nitrogens with zero attached hydrogens (tertiary/aromatic N) is 1. The maximum atomic E-state index is 6.82. The summed E-state index contributed by atoms with van der Waals surface area (Å²) in [5.74, 6) is 0. The molecule has 1 aliphatic heterocycles. The number of aromatic nitrogens is 1. The smallest absolute Gasteiger partial charge is 0.253 e. The molecule has 2 aliphatic rings. The molecule has 3 heteroatoms. The van der Waals surface area contributed by atoms with Crippen LogP contribution in [0, 0.1) is 10.8 Å². The van der Waals surface area contributed by atoms with Gasteiger partial charge in [0.1, 0.15) is 0 Å². The maximum absolute atomic E-state index is 6.82. The van der Waals surface area contributed by atoms with E-state index in [1.807, 2.05) is 0 Å². The largest absolute Gasteiger partial charge is 0.374 e. The fourth-order valence-corrected chi connectivity index (χ4v) is 7.42. The van der Waals surface area contributed by atoms with Crippen molar-refractivity contribution in [3.8, 4) is 22.4 Å². The van der Waals surface area contributed by atoms with Crippen LogP contribution in [0.4, 0.5) is 0 Å². The molecule has 0 amide bonds. The Kier molecular flexibility index (Phi) is 8.14. The van der Waals surface area contributed by atoms with E-state index >= 15 is 0 Å². The lowest BCUT2D eigenvalue weighted by atomic mass is 9.78. The van der Waals surface area contributed by atoms with E-state index in [1.165, 1.54) is 49.7 Å². The molecular weight excluding hydrogens is 562 g/mol. The van der Waals surface area contributed by atoms with Crippen molar-refractivity contribution in [1.82, 2.24) is 0 Å². The van der Waals surface area contributed by atoms with Crippen molar-refractivity contribution in [3.63, 3.8) is 0 Å². The summed E-state index contributed by atoms with van der Waals surface area (Å²) in [5.41, 5.74) is 10.3. The van der Waals surface area contributed by atoms with E-state index < -0.39 is 0 Å². The fourth-order valence-electron chi connectivity index (χ4n) is 7.42. The Hall–Kier alpha value is -3.27. The third kappa shape index (κ3) is 5.98. The summed E-state index contributed by atoms with van der Waals surface area (Å²) in [6.45, 7) is 26.4. The van der Waals surface area contributed by atoms with Crippen LogP contribution >= 0.6 is 0 Å². The highest BCUT2D eigenvalue weighted by atomic mass is 16.5. The second kappa shape index (κ2) is 11.5. The van der Waals surface area contributed by atoms with E-state index in [0.29, 0.717) is 13.3 Å². The van der Waals surface area contributed by atoms with E-state index in [9.17, 15) is 0 Å². The second-order valence-corrected chi connectivity index (χ2v) is 17.3.